The van der Waals surface area contributed by atoms with Gasteiger partial charge in [0.15, 0.2) is 5.58 Å². The summed E-state index contributed by atoms with van der Waals surface area (Å²) in [6.07, 6.45) is 3.27. The van der Waals surface area contributed by atoms with Crippen LogP contribution in [0.3, 0.4) is 0 Å². The fourth-order valence-corrected chi connectivity index (χ4v) is 3.37. The topological polar surface area (TPSA) is 153 Å². The number of halogens is 1. The number of carbonyl (C=O) groups excluding carboxylic acids is 2. The van der Waals surface area contributed by atoms with Gasteiger partial charge in [0, 0.05) is 24.1 Å². The molecule has 0 fully saturated rings. The minimum Gasteiger partial charge on any atom is -0.483 e. The lowest BCUT2D eigenvalue weighted by Crippen LogP contribution is -2.33. The lowest BCUT2D eigenvalue weighted by Gasteiger charge is -2.15. The van der Waals surface area contributed by atoms with Gasteiger partial charge in [-0.2, -0.15) is 0 Å². The number of hydrogen-bond acceptors (Lipinski definition) is 10. The number of pyridine rings is 1. The number of carbonyl (C=O) groups is 2. The van der Waals surface area contributed by atoms with Crippen LogP contribution in [0.4, 0.5) is 0 Å². The van der Waals surface area contributed by atoms with Crippen LogP contribution in [0.5, 0.6) is 5.75 Å². The minimum absolute atomic E-state index is 0.0933. The average Bonchev–Trinajstić information content (AvgIpc) is 3.23. The lowest BCUT2D eigenvalue weighted by atomic mass is 10.1. The van der Waals surface area contributed by atoms with Gasteiger partial charge in [0.25, 0.3) is 0 Å². The zero-order valence-corrected chi connectivity index (χ0v) is 19.5. The summed E-state index contributed by atoms with van der Waals surface area (Å²) in [4.78, 5) is 37.1. The first kappa shape index (κ1) is 25.4. The molecule has 1 aromatic carbocycles. The molecule has 11 heteroatoms. The van der Waals surface area contributed by atoms with Gasteiger partial charge in [-0.15, -0.1) is 0 Å². The van der Waals surface area contributed by atoms with Crippen molar-refractivity contribution in [3.8, 4) is 5.75 Å². The number of aryl methyl sites for hydroxylation is 1. The van der Waals surface area contributed by atoms with Crippen molar-refractivity contribution in [3.05, 3.63) is 52.9 Å². The van der Waals surface area contributed by atoms with Crippen molar-refractivity contribution in [2.45, 2.75) is 51.2 Å². The van der Waals surface area contributed by atoms with Gasteiger partial charge < -0.3 is 20.7 Å². The summed E-state index contributed by atoms with van der Waals surface area (Å²) in [5, 5.41) is 5.00. The Labute approximate surface area is 201 Å². The molecule has 0 spiro atoms. The maximum absolute atomic E-state index is 12.0. The van der Waals surface area contributed by atoms with Crippen LogP contribution < -0.4 is 16.2 Å². The Balaban J connectivity index is 1.54. The molecule has 3 rings (SSSR count). The van der Waals surface area contributed by atoms with Crippen LogP contribution in [-0.4, -0.2) is 34.7 Å². The molecule has 2 atom stereocenters. The van der Waals surface area contributed by atoms with Gasteiger partial charge in [0.2, 0.25) is 0 Å². The van der Waals surface area contributed by atoms with Gasteiger partial charge >= 0.3 is 11.9 Å². The van der Waals surface area contributed by atoms with Crippen molar-refractivity contribution in [2.24, 2.45) is 11.5 Å². The number of nitrogens with zero attached hydrogens (tertiary/aromatic N) is 2. The van der Waals surface area contributed by atoms with Gasteiger partial charge in [-0.05, 0) is 44.5 Å². The molecule has 2 aromatic heterocycles. The third kappa shape index (κ3) is 6.89. The van der Waals surface area contributed by atoms with E-state index in [2.05, 4.69) is 19.9 Å². The largest absolute Gasteiger partial charge is 0.483 e. The molecule has 4 N–H and O–H groups in total. The van der Waals surface area contributed by atoms with E-state index in [4.69, 9.17) is 32.3 Å². The van der Waals surface area contributed by atoms with E-state index < -0.39 is 18.0 Å². The van der Waals surface area contributed by atoms with Gasteiger partial charge in [0.05, 0.1) is 22.8 Å². The van der Waals surface area contributed by atoms with Crippen LogP contribution in [0.15, 0.2) is 41.1 Å². The Morgan fingerprint density at radius 3 is 2.76 bits per heavy atom. The van der Waals surface area contributed by atoms with E-state index in [-0.39, 0.29) is 18.9 Å². The van der Waals surface area contributed by atoms with Crippen LogP contribution in [-0.2, 0) is 25.8 Å². The van der Waals surface area contributed by atoms with Gasteiger partial charge in [-0.3, -0.25) is 4.98 Å². The highest BCUT2D eigenvalue weighted by Crippen LogP contribution is 2.34. The van der Waals surface area contributed by atoms with Crippen molar-refractivity contribution in [1.29, 1.82) is 0 Å². The van der Waals surface area contributed by atoms with E-state index in [0.29, 0.717) is 46.8 Å². The SMILES string of the molecule is C[C@@H](Oc1cc2onc(CCC(=O)OOC(=O)[C@@H](N)CCCCN)c2cc1Cl)c1ccccn1. The number of unbranched alkanes of at least 4 members (excludes halogenated alkanes) is 1. The summed E-state index contributed by atoms with van der Waals surface area (Å²) < 4.78 is 11.3. The first-order chi connectivity index (χ1) is 16.4. The molecule has 3 aromatic rings. The van der Waals surface area contributed by atoms with E-state index in [1.807, 2.05) is 25.1 Å². The maximum atomic E-state index is 12.0. The Bertz CT molecular complexity index is 1110. The Morgan fingerprint density at radius 1 is 1.21 bits per heavy atom. The fraction of sp³-hybridized carbons (Fsp3) is 0.391. The molecule has 0 radical (unpaired) electrons. The predicted molar refractivity (Wildman–Crippen MR) is 124 cm³/mol. The molecule has 0 saturated carbocycles. The number of benzene rings is 1. The molecule has 10 nitrogen and oxygen atoms in total. The van der Waals surface area contributed by atoms with E-state index in [1.54, 1.807) is 18.3 Å². The van der Waals surface area contributed by atoms with Crippen LogP contribution in [0.2, 0.25) is 5.02 Å². The standard InChI is InChI=1S/C23H27ClN4O6/c1-14(18-7-3-5-11-27-18)31-21-13-20-15(12-16(21)24)19(28-32-20)8-9-22(29)33-34-23(30)17(26)6-2-4-10-25/h3,5,7,11-14,17H,2,4,6,8-10,25-26H2,1H3/t14-,17+/m1/s1. The Morgan fingerprint density at radius 2 is 2.03 bits per heavy atom. The Kier molecular flexibility index (Phi) is 9.20. The van der Waals surface area contributed by atoms with Crippen LogP contribution >= 0.6 is 11.6 Å². The van der Waals surface area contributed by atoms with E-state index in [0.717, 1.165) is 12.1 Å². The molecule has 182 valence electrons. The second kappa shape index (κ2) is 12.3. The number of fused-ring (bicyclic) bond motifs is 1. The van der Waals surface area contributed by atoms with Crippen LogP contribution in [0.1, 0.15) is 50.1 Å². The van der Waals surface area contributed by atoms with Gasteiger partial charge in [0.1, 0.15) is 17.9 Å². The highest BCUT2D eigenvalue weighted by molar-refractivity contribution is 6.32. The van der Waals surface area contributed by atoms with Crippen LogP contribution in [0.25, 0.3) is 11.0 Å². The molecule has 34 heavy (non-hydrogen) atoms. The molecule has 0 saturated heterocycles. The predicted octanol–water partition coefficient (Wildman–Crippen LogP) is 3.41. The average molecular weight is 491 g/mol. The monoisotopic (exact) mass is 490 g/mol. The molecule has 0 bridgehead atoms. The highest BCUT2D eigenvalue weighted by Gasteiger charge is 2.20. The molecule has 0 aliphatic heterocycles. The summed E-state index contributed by atoms with van der Waals surface area (Å²) in [5.74, 6) is -1.13. The van der Waals surface area contributed by atoms with Crippen molar-refractivity contribution < 1.29 is 28.6 Å². The van der Waals surface area contributed by atoms with E-state index >= 15 is 0 Å². The molecular weight excluding hydrogens is 464 g/mol. The second-order valence-electron chi connectivity index (χ2n) is 7.67. The zero-order chi connectivity index (χ0) is 24.5. The smallest absolute Gasteiger partial charge is 0.372 e. The normalized spacial score (nSPS) is 12.8. The number of aromatic nitrogens is 2. The molecule has 0 amide bonds. The van der Waals surface area contributed by atoms with Crippen molar-refractivity contribution in [3.63, 3.8) is 0 Å². The first-order valence-corrected chi connectivity index (χ1v) is 11.3. The summed E-state index contributed by atoms with van der Waals surface area (Å²) in [7, 11) is 0. The summed E-state index contributed by atoms with van der Waals surface area (Å²) >= 11 is 6.40. The minimum atomic E-state index is -0.877. The number of nitrogens with two attached hydrogens (primary N) is 2. The van der Waals surface area contributed by atoms with Crippen molar-refractivity contribution >= 4 is 34.5 Å². The first-order valence-electron chi connectivity index (χ1n) is 10.9. The quantitative estimate of drug-likeness (QED) is 0.232. The maximum Gasteiger partial charge on any atom is 0.372 e. The highest BCUT2D eigenvalue weighted by atomic mass is 35.5. The number of ether oxygens (including phenoxy) is 1. The molecule has 0 aliphatic carbocycles. The lowest BCUT2D eigenvalue weighted by molar-refractivity contribution is -0.260. The Hall–Kier alpha value is -3.21. The molecule has 0 aliphatic rings. The van der Waals surface area contributed by atoms with E-state index in [1.165, 1.54) is 0 Å². The number of rotatable bonds is 11. The zero-order valence-electron chi connectivity index (χ0n) is 18.7. The van der Waals surface area contributed by atoms with Gasteiger partial charge in [-0.25, -0.2) is 19.4 Å². The van der Waals surface area contributed by atoms with Gasteiger partial charge in [-0.1, -0.05) is 29.2 Å². The number of hydrogen-bond donors (Lipinski definition) is 2. The van der Waals surface area contributed by atoms with E-state index in [9.17, 15) is 9.59 Å². The summed E-state index contributed by atoms with van der Waals surface area (Å²) in [6.45, 7) is 2.37. The third-order valence-corrected chi connectivity index (χ3v) is 5.36. The van der Waals surface area contributed by atoms with Crippen LogP contribution in [0, 0.1) is 0 Å². The third-order valence-electron chi connectivity index (χ3n) is 5.06. The summed E-state index contributed by atoms with van der Waals surface area (Å²) in [5.41, 5.74) is 12.8. The second-order valence-corrected chi connectivity index (χ2v) is 8.08. The van der Waals surface area contributed by atoms with Crippen molar-refractivity contribution in [2.75, 3.05) is 6.54 Å². The summed E-state index contributed by atoms with van der Waals surface area (Å²) in [6, 6.07) is 7.98. The molecular formula is C23H27ClN4O6. The fourth-order valence-electron chi connectivity index (χ4n) is 3.17. The molecule has 2 heterocycles. The molecule has 0 unspecified atom stereocenters. The van der Waals surface area contributed by atoms with Crippen molar-refractivity contribution in [1.82, 2.24) is 10.1 Å².